The van der Waals surface area contributed by atoms with Crippen molar-refractivity contribution in [1.29, 1.82) is 0 Å². The van der Waals surface area contributed by atoms with Gasteiger partial charge in [-0.2, -0.15) is 0 Å². The summed E-state index contributed by atoms with van der Waals surface area (Å²) in [6.45, 7) is 0.118. The number of aromatic nitrogens is 2. The molecule has 0 aliphatic carbocycles. The van der Waals surface area contributed by atoms with Crippen LogP contribution in [0.15, 0.2) is 22.2 Å². The maximum atomic E-state index is 8.86. The molecule has 0 saturated carbocycles. The highest BCUT2D eigenvalue weighted by atomic mass is 16.3. The van der Waals surface area contributed by atoms with E-state index < -0.39 is 0 Å². The Balaban J connectivity index is 2.07. The third kappa shape index (κ3) is 3.18. The van der Waals surface area contributed by atoms with Gasteiger partial charge in [-0.05, 0) is 6.07 Å². The van der Waals surface area contributed by atoms with E-state index in [9.17, 15) is 0 Å². The Bertz CT molecular complexity index is 433. The molecule has 0 aromatic carbocycles. The summed E-state index contributed by atoms with van der Waals surface area (Å²) < 4.78 is 0. The van der Waals surface area contributed by atoms with E-state index in [0.29, 0.717) is 18.7 Å². The lowest BCUT2D eigenvalue weighted by atomic mass is 10.1. The van der Waals surface area contributed by atoms with Crippen molar-refractivity contribution >= 4 is 12.4 Å². The minimum atomic E-state index is -0.176. The monoisotopic (exact) mass is 248 g/mol. The van der Waals surface area contributed by atoms with E-state index in [2.05, 4.69) is 20.0 Å². The molecule has 96 valence electrons. The van der Waals surface area contributed by atoms with Gasteiger partial charge in [0.15, 0.2) is 0 Å². The van der Waals surface area contributed by atoms with Gasteiger partial charge in [0.05, 0.1) is 18.2 Å². The molecule has 1 aliphatic heterocycles. The molecular weight excluding hydrogens is 232 g/mol. The maximum absolute atomic E-state index is 8.86. The van der Waals surface area contributed by atoms with Gasteiger partial charge in [0.25, 0.3) is 0 Å². The zero-order chi connectivity index (χ0) is 12.8. The second kappa shape index (κ2) is 6.32. The van der Waals surface area contributed by atoms with Crippen molar-refractivity contribution in [2.45, 2.75) is 24.9 Å². The van der Waals surface area contributed by atoms with Gasteiger partial charge in [0, 0.05) is 38.1 Å². The minimum absolute atomic E-state index is 0.0366. The van der Waals surface area contributed by atoms with Crippen LogP contribution in [0.5, 0.6) is 0 Å². The zero-order valence-electron chi connectivity index (χ0n) is 9.98. The van der Waals surface area contributed by atoms with Gasteiger partial charge in [-0.15, -0.1) is 0 Å². The van der Waals surface area contributed by atoms with Crippen LogP contribution in [-0.4, -0.2) is 52.0 Å². The van der Waals surface area contributed by atoms with E-state index in [0.717, 1.165) is 5.69 Å². The summed E-state index contributed by atoms with van der Waals surface area (Å²) in [5.74, 6) is 0.565. The summed E-state index contributed by atoms with van der Waals surface area (Å²) in [7, 11) is 0. The fourth-order valence-corrected chi connectivity index (χ4v) is 1.70. The Kier molecular flexibility index (Phi) is 4.49. The first kappa shape index (κ1) is 12.8. The highest BCUT2D eigenvalue weighted by Crippen LogP contribution is 2.14. The van der Waals surface area contributed by atoms with Crippen LogP contribution in [0.25, 0.3) is 0 Å². The Morgan fingerprint density at radius 2 is 1.89 bits per heavy atom. The summed E-state index contributed by atoms with van der Waals surface area (Å²) in [5.41, 5.74) is 0.823. The molecule has 0 bridgehead atoms. The van der Waals surface area contributed by atoms with E-state index in [1.165, 1.54) is 0 Å². The molecule has 0 spiro atoms. The predicted octanol–water partition coefficient (Wildman–Crippen LogP) is -0.0413. The van der Waals surface area contributed by atoms with Gasteiger partial charge in [-0.1, -0.05) is 0 Å². The summed E-state index contributed by atoms with van der Waals surface area (Å²) in [6.07, 6.45) is 6.07. The van der Waals surface area contributed by atoms with Crippen LogP contribution < -0.4 is 0 Å². The molecule has 0 radical (unpaired) electrons. The zero-order valence-corrected chi connectivity index (χ0v) is 9.98. The predicted molar refractivity (Wildman–Crippen MR) is 68.0 cm³/mol. The Labute approximate surface area is 105 Å². The smallest absolute Gasteiger partial charge is 0.141 e. The lowest BCUT2D eigenvalue weighted by molar-refractivity contribution is 0.277. The molecule has 1 aromatic heterocycles. The molecule has 0 amide bonds. The van der Waals surface area contributed by atoms with Gasteiger partial charge in [0.2, 0.25) is 0 Å². The number of rotatable bonds is 5. The summed E-state index contributed by atoms with van der Waals surface area (Å²) in [6, 6.07) is 1.82. The van der Waals surface area contributed by atoms with Gasteiger partial charge in [-0.25, -0.2) is 9.97 Å². The second-order valence-corrected chi connectivity index (χ2v) is 3.99. The van der Waals surface area contributed by atoms with Crippen molar-refractivity contribution in [3.8, 4) is 0 Å². The Morgan fingerprint density at radius 3 is 2.56 bits per heavy atom. The topological polar surface area (TPSA) is 91.0 Å². The molecule has 6 nitrogen and oxygen atoms in total. The van der Waals surface area contributed by atoms with E-state index in [-0.39, 0.29) is 25.3 Å². The lowest BCUT2D eigenvalue weighted by Crippen LogP contribution is -2.16. The quantitative estimate of drug-likeness (QED) is 0.764. The van der Waals surface area contributed by atoms with Crippen LogP contribution in [0.4, 0.5) is 0 Å². The molecule has 2 heterocycles. The molecule has 0 atom stereocenters. The lowest BCUT2D eigenvalue weighted by Gasteiger charge is -2.14. The highest BCUT2D eigenvalue weighted by Gasteiger charge is 2.14. The van der Waals surface area contributed by atoms with Crippen LogP contribution in [-0.2, 0) is 6.42 Å². The first-order valence-corrected chi connectivity index (χ1v) is 5.93. The average Bonchev–Trinajstić information content (AvgIpc) is 2.41. The van der Waals surface area contributed by atoms with Crippen LogP contribution in [0.3, 0.4) is 0 Å². The number of hydrogen-bond donors (Lipinski definition) is 2. The van der Waals surface area contributed by atoms with Crippen molar-refractivity contribution in [3.05, 3.63) is 23.8 Å². The van der Waals surface area contributed by atoms with E-state index in [1.807, 2.05) is 6.07 Å². The van der Waals surface area contributed by atoms with Crippen molar-refractivity contribution in [2.24, 2.45) is 9.98 Å². The minimum Gasteiger partial charge on any atom is -0.396 e. The molecule has 2 rings (SSSR count). The summed E-state index contributed by atoms with van der Waals surface area (Å²) in [5, 5.41) is 17.7. The molecular formula is C12H16N4O2. The van der Waals surface area contributed by atoms with E-state index in [1.54, 1.807) is 18.6 Å². The molecule has 1 aliphatic rings. The van der Waals surface area contributed by atoms with Crippen molar-refractivity contribution in [2.75, 3.05) is 13.2 Å². The SMILES string of the molecule is OCCc1nccc(C2C=NC(CCO)N=C2)n1. The van der Waals surface area contributed by atoms with Crippen LogP contribution in [0.1, 0.15) is 23.9 Å². The van der Waals surface area contributed by atoms with Crippen LogP contribution in [0.2, 0.25) is 0 Å². The molecule has 0 unspecified atom stereocenters. The third-order valence-electron chi connectivity index (χ3n) is 2.63. The molecule has 6 heteroatoms. The highest BCUT2D eigenvalue weighted by molar-refractivity contribution is 5.91. The van der Waals surface area contributed by atoms with E-state index >= 15 is 0 Å². The van der Waals surface area contributed by atoms with Crippen LogP contribution >= 0.6 is 0 Å². The van der Waals surface area contributed by atoms with Gasteiger partial charge >= 0.3 is 0 Å². The first-order valence-electron chi connectivity index (χ1n) is 5.93. The van der Waals surface area contributed by atoms with Crippen molar-refractivity contribution in [3.63, 3.8) is 0 Å². The fraction of sp³-hybridized carbons (Fsp3) is 0.500. The average molecular weight is 248 g/mol. The molecule has 18 heavy (non-hydrogen) atoms. The largest absolute Gasteiger partial charge is 0.396 e. The van der Waals surface area contributed by atoms with Crippen molar-refractivity contribution in [1.82, 2.24) is 9.97 Å². The number of aliphatic hydroxyl groups is 2. The number of aliphatic hydroxyl groups excluding tert-OH is 2. The number of aliphatic imine (C=N–C) groups is 2. The third-order valence-corrected chi connectivity index (χ3v) is 2.63. The standard InChI is InChI=1S/C12H16N4O2/c17-5-2-11-14-7-9(8-15-11)10-1-4-13-12(16-10)3-6-18/h1,4,7-9,11,17-18H,2-3,5-6H2. The van der Waals surface area contributed by atoms with Gasteiger partial charge < -0.3 is 10.2 Å². The van der Waals surface area contributed by atoms with E-state index in [4.69, 9.17) is 10.2 Å². The second-order valence-electron chi connectivity index (χ2n) is 3.99. The Morgan fingerprint density at radius 1 is 1.11 bits per heavy atom. The molecule has 2 N–H and O–H groups in total. The number of nitrogens with zero attached hydrogens (tertiary/aromatic N) is 4. The first-order chi connectivity index (χ1) is 8.83. The summed E-state index contributed by atoms with van der Waals surface area (Å²) >= 11 is 0. The molecule has 0 saturated heterocycles. The normalized spacial score (nSPS) is 22.3. The van der Waals surface area contributed by atoms with Gasteiger partial charge in [0.1, 0.15) is 12.0 Å². The molecule has 0 fully saturated rings. The van der Waals surface area contributed by atoms with Crippen molar-refractivity contribution < 1.29 is 10.2 Å². The maximum Gasteiger partial charge on any atom is 0.141 e. The van der Waals surface area contributed by atoms with Crippen LogP contribution in [0, 0.1) is 0 Å². The Hall–Kier alpha value is -1.66. The molecule has 1 aromatic rings. The fourth-order valence-electron chi connectivity index (χ4n) is 1.70. The number of hydrogen-bond acceptors (Lipinski definition) is 6. The summed E-state index contributed by atoms with van der Waals surface area (Å²) in [4.78, 5) is 16.9. The van der Waals surface area contributed by atoms with Gasteiger partial charge in [-0.3, -0.25) is 9.98 Å².